The zero-order valence-electron chi connectivity index (χ0n) is 20.2. The van der Waals surface area contributed by atoms with Crippen molar-refractivity contribution in [3.8, 4) is 0 Å². The fraction of sp³-hybridized carbons (Fsp3) is 0.429. The molecule has 0 radical (unpaired) electrons. The lowest BCUT2D eigenvalue weighted by atomic mass is 9.86. The molecule has 5 atom stereocenters. The lowest BCUT2D eigenvalue weighted by Crippen LogP contribution is -2.52. The van der Waals surface area contributed by atoms with E-state index in [1.54, 1.807) is 14.0 Å². The Labute approximate surface area is 206 Å². The number of hydrogen-bond donors (Lipinski definition) is 2. The van der Waals surface area contributed by atoms with Gasteiger partial charge in [0.2, 0.25) is 18.0 Å². The van der Waals surface area contributed by atoms with E-state index in [9.17, 15) is 14.4 Å². The van der Waals surface area contributed by atoms with E-state index in [4.69, 9.17) is 4.99 Å². The van der Waals surface area contributed by atoms with Crippen LogP contribution < -0.4 is 15.5 Å². The van der Waals surface area contributed by atoms with Crippen LogP contribution in [0, 0.1) is 17.8 Å². The third kappa shape index (κ3) is 4.72. The number of carbonyl (C=O) groups is 3. The molecular formula is C28H32N4O3. The predicted octanol–water partition coefficient (Wildman–Crippen LogP) is 3.27. The molecule has 5 rings (SSSR count). The summed E-state index contributed by atoms with van der Waals surface area (Å²) in [5.74, 6) is 0.990. The second kappa shape index (κ2) is 9.64. The minimum absolute atomic E-state index is 0.101. The van der Waals surface area contributed by atoms with Gasteiger partial charge in [-0.1, -0.05) is 55.0 Å². The molecule has 2 saturated carbocycles. The highest BCUT2D eigenvalue weighted by Crippen LogP contribution is 2.49. The maximum Gasteiger partial charge on any atom is 0.272 e. The van der Waals surface area contributed by atoms with Gasteiger partial charge in [0.05, 0.1) is 11.4 Å². The van der Waals surface area contributed by atoms with Gasteiger partial charge in [-0.05, 0) is 50.0 Å². The van der Waals surface area contributed by atoms with Crippen molar-refractivity contribution in [2.75, 3.05) is 11.9 Å². The molecule has 1 heterocycles. The molecule has 0 aromatic heterocycles. The van der Waals surface area contributed by atoms with Gasteiger partial charge in [-0.25, -0.2) is 4.99 Å². The largest absolute Gasteiger partial charge is 0.345 e. The lowest BCUT2D eigenvalue weighted by Gasteiger charge is -2.23. The fourth-order valence-corrected chi connectivity index (χ4v) is 5.93. The number of aliphatic imine (C=N–C) groups is 1. The van der Waals surface area contributed by atoms with Gasteiger partial charge in [-0.2, -0.15) is 0 Å². The Bertz CT molecular complexity index is 1160. The van der Waals surface area contributed by atoms with E-state index in [0.29, 0.717) is 24.0 Å². The van der Waals surface area contributed by atoms with Gasteiger partial charge in [-0.15, -0.1) is 0 Å². The van der Waals surface area contributed by atoms with E-state index in [-0.39, 0.29) is 11.8 Å². The molecule has 2 fully saturated rings. The average Bonchev–Trinajstić information content (AvgIpc) is 3.47. The molecule has 3 amide bonds. The highest BCUT2D eigenvalue weighted by atomic mass is 16.2. The number of fused-ring (bicyclic) bond motifs is 3. The molecule has 2 bridgehead atoms. The first-order valence-corrected chi connectivity index (χ1v) is 12.5. The van der Waals surface area contributed by atoms with E-state index in [0.717, 1.165) is 29.2 Å². The minimum Gasteiger partial charge on any atom is -0.345 e. The van der Waals surface area contributed by atoms with E-state index in [2.05, 4.69) is 10.6 Å². The van der Waals surface area contributed by atoms with E-state index < -0.39 is 18.1 Å². The highest BCUT2D eigenvalue weighted by Gasteiger charge is 2.40. The molecular weight excluding hydrogens is 440 g/mol. The smallest absolute Gasteiger partial charge is 0.272 e. The van der Waals surface area contributed by atoms with Crippen molar-refractivity contribution in [2.24, 2.45) is 22.7 Å². The maximum absolute atomic E-state index is 13.3. The number of nitrogens with one attached hydrogen (secondary N) is 2. The maximum atomic E-state index is 13.3. The fourth-order valence-electron chi connectivity index (χ4n) is 5.93. The second-order valence-corrected chi connectivity index (χ2v) is 10.1. The van der Waals surface area contributed by atoms with Crippen molar-refractivity contribution < 1.29 is 14.4 Å². The highest BCUT2D eigenvalue weighted by molar-refractivity contribution is 6.20. The quantitative estimate of drug-likeness (QED) is 0.676. The zero-order chi connectivity index (χ0) is 24.5. The van der Waals surface area contributed by atoms with Gasteiger partial charge >= 0.3 is 0 Å². The molecule has 2 N–H and O–H groups in total. The average molecular weight is 473 g/mol. The zero-order valence-corrected chi connectivity index (χ0v) is 20.2. The van der Waals surface area contributed by atoms with Crippen LogP contribution >= 0.6 is 0 Å². The number of hydrogen-bond acceptors (Lipinski definition) is 4. The molecule has 3 unspecified atom stereocenters. The summed E-state index contributed by atoms with van der Waals surface area (Å²) in [5, 5.41) is 5.60. The van der Waals surface area contributed by atoms with Crippen LogP contribution in [-0.2, 0) is 14.4 Å². The minimum atomic E-state index is -1.10. The first-order valence-electron chi connectivity index (χ1n) is 12.5. The number of rotatable bonds is 6. The summed E-state index contributed by atoms with van der Waals surface area (Å²) in [6, 6.07) is 16.4. The third-order valence-electron chi connectivity index (χ3n) is 7.77. The molecule has 7 nitrogen and oxygen atoms in total. The van der Waals surface area contributed by atoms with E-state index >= 15 is 0 Å². The van der Waals surface area contributed by atoms with Crippen molar-refractivity contribution in [3.63, 3.8) is 0 Å². The molecule has 0 saturated heterocycles. The van der Waals surface area contributed by atoms with E-state index in [1.807, 2.05) is 54.6 Å². The number of anilines is 1. The first kappa shape index (κ1) is 23.3. The summed E-state index contributed by atoms with van der Waals surface area (Å²) in [6.45, 7) is 1.65. The number of benzene rings is 2. The molecule has 35 heavy (non-hydrogen) atoms. The van der Waals surface area contributed by atoms with E-state index in [1.165, 1.54) is 24.2 Å². The Morgan fingerprint density at radius 3 is 2.51 bits per heavy atom. The Kier molecular flexibility index (Phi) is 6.41. The molecule has 1 aliphatic heterocycles. The monoisotopic (exact) mass is 472 g/mol. The Morgan fingerprint density at radius 1 is 1.06 bits per heavy atom. The number of benzodiazepines with no additional fused rings is 1. The predicted molar refractivity (Wildman–Crippen MR) is 135 cm³/mol. The Morgan fingerprint density at radius 2 is 1.80 bits per heavy atom. The van der Waals surface area contributed by atoms with Gasteiger partial charge in [0, 0.05) is 24.6 Å². The van der Waals surface area contributed by atoms with Crippen LogP contribution in [0.1, 0.15) is 50.2 Å². The molecule has 2 aromatic carbocycles. The molecule has 7 heteroatoms. The Balaban J connectivity index is 1.31. The Hall–Kier alpha value is -3.48. The van der Waals surface area contributed by atoms with Gasteiger partial charge in [0.25, 0.3) is 5.91 Å². The van der Waals surface area contributed by atoms with Crippen LogP contribution in [0.5, 0.6) is 0 Å². The molecule has 2 aliphatic carbocycles. The summed E-state index contributed by atoms with van der Waals surface area (Å²) in [5.41, 5.74) is 3.04. The normalized spacial score (nSPS) is 25.9. The standard InChI is InChI=1S/C28H32N4O3/c1-17(29-24(33)16-21-15-18-12-13-20(21)14-18)27(34)31-26-28(35)32(2)23-11-7-6-10-22(23)25(30-26)19-8-4-3-5-9-19/h3-11,17-18,20-21,26H,12-16H2,1-2H3,(H,29,33)(H,31,34)/t17-,18?,20?,21?,26+/m0/s1. The first-order chi connectivity index (χ1) is 16.9. The topological polar surface area (TPSA) is 90.9 Å². The van der Waals surface area contributed by atoms with Crippen LogP contribution in [-0.4, -0.2) is 42.7 Å². The molecule has 2 aromatic rings. The number of para-hydroxylation sites is 1. The van der Waals surface area contributed by atoms with Crippen molar-refractivity contribution in [2.45, 2.75) is 51.2 Å². The number of likely N-dealkylation sites (N-methyl/N-ethyl adjacent to an activating group) is 1. The van der Waals surface area contributed by atoms with Gasteiger partial charge in [-0.3, -0.25) is 14.4 Å². The van der Waals surface area contributed by atoms with Crippen LogP contribution in [0.4, 0.5) is 5.69 Å². The summed E-state index contributed by atoms with van der Waals surface area (Å²) >= 11 is 0. The van der Waals surface area contributed by atoms with Crippen LogP contribution in [0.15, 0.2) is 59.6 Å². The van der Waals surface area contributed by atoms with Crippen molar-refractivity contribution >= 4 is 29.1 Å². The number of nitrogens with zero attached hydrogens (tertiary/aromatic N) is 2. The summed E-state index contributed by atoms with van der Waals surface area (Å²) < 4.78 is 0. The number of amides is 3. The summed E-state index contributed by atoms with van der Waals surface area (Å²) in [7, 11) is 1.68. The molecule has 182 valence electrons. The van der Waals surface area contributed by atoms with Crippen molar-refractivity contribution in [1.82, 2.24) is 10.6 Å². The third-order valence-corrected chi connectivity index (χ3v) is 7.77. The molecule has 0 spiro atoms. The van der Waals surface area contributed by atoms with Crippen molar-refractivity contribution in [1.29, 1.82) is 0 Å². The second-order valence-electron chi connectivity index (χ2n) is 10.1. The van der Waals surface area contributed by atoms with Crippen LogP contribution in [0.3, 0.4) is 0 Å². The van der Waals surface area contributed by atoms with Gasteiger partial charge in [0.1, 0.15) is 6.04 Å². The van der Waals surface area contributed by atoms with Crippen LogP contribution in [0.2, 0.25) is 0 Å². The summed E-state index contributed by atoms with van der Waals surface area (Å²) in [4.78, 5) is 45.2. The van der Waals surface area contributed by atoms with Gasteiger partial charge < -0.3 is 15.5 Å². The number of carbonyl (C=O) groups excluding carboxylic acids is 3. The SMILES string of the molecule is C[C@H](NC(=O)CC1CC2CCC1C2)C(=O)N[C@H]1N=C(c2ccccc2)c2ccccc2N(C)C1=O. The molecule has 3 aliphatic rings. The summed E-state index contributed by atoms with van der Waals surface area (Å²) in [6.07, 6.45) is 4.25. The lowest BCUT2D eigenvalue weighted by molar-refractivity contribution is -0.131. The van der Waals surface area contributed by atoms with Crippen molar-refractivity contribution in [3.05, 3.63) is 65.7 Å². The van der Waals surface area contributed by atoms with Gasteiger partial charge in [0.15, 0.2) is 0 Å². The van der Waals surface area contributed by atoms with Crippen LogP contribution in [0.25, 0.3) is 0 Å².